The average Bonchev–Trinajstić information content (AvgIpc) is 2.78. The minimum absolute atomic E-state index is 0.0927. The molecule has 1 N–H and O–H groups in total. The largest absolute Gasteiger partial charge is 0.465 e. The van der Waals surface area contributed by atoms with E-state index in [-0.39, 0.29) is 12.0 Å². The van der Waals surface area contributed by atoms with Gasteiger partial charge in [-0.25, -0.2) is 9.59 Å². The Morgan fingerprint density at radius 1 is 1.10 bits per heavy atom. The van der Waals surface area contributed by atoms with Crippen LogP contribution in [0.4, 0.5) is 10.5 Å². The molecule has 0 radical (unpaired) electrons. The molecule has 1 aromatic rings. The lowest BCUT2D eigenvalue weighted by Gasteiger charge is -2.45. The van der Waals surface area contributed by atoms with Gasteiger partial charge in [-0.3, -0.25) is 0 Å². The van der Waals surface area contributed by atoms with E-state index < -0.39 is 0 Å². The second-order valence-corrected chi connectivity index (χ2v) is 8.29. The van der Waals surface area contributed by atoms with Crippen LogP contribution in [0.2, 0.25) is 0 Å². The molecular weight excluding hydrogens is 382 g/mol. The van der Waals surface area contributed by atoms with Gasteiger partial charge in [0.15, 0.2) is 0 Å². The molecule has 2 fully saturated rings. The number of urea groups is 1. The second kappa shape index (κ2) is 11.3. The maximum absolute atomic E-state index is 13.1. The summed E-state index contributed by atoms with van der Waals surface area (Å²) in [5.41, 5.74) is 1.14. The number of anilines is 1. The number of methoxy groups -OCH3 is 2. The number of esters is 1. The van der Waals surface area contributed by atoms with Crippen molar-refractivity contribution >= 4 is 17.7 Å². The standard InChI is InChI=1S/C23H35N3O4/c1-29-16-6-15-26(17-19-7-5-14-25-13-4-3-8-21(19)25)23(28)24-20-11-9-18(10-12-20)22(27)30-2/h9-12,19,21H,3-8,13-17H2,1-2H3,(H,24,28)/t19-,21+/m0/s1. The predicted molar refractivity (Wildman–Crippen MR) is 117 cm³/mol. The van der Waals surface area contributed by atoms with Gasteiger partial charge in [0.05, 0.1) is 12.7 Å². The summed E-state index contributed by atoms with van der Waals surface area (Å²) in [7, 11) is 3.04. The van der Waals surface area contributed by atoms with Crippen molar-refractivity contribution in [3.8, 4) is 0 Å². The molecule has 1 aromatic carbocycles. The number of hydrogen-bond donors (Lipinski definition) is 1. The van der Waals surface area contributed by atoms with Crippen molar-refractivity contribution in [2.45, 2.75) is 44.6 Å². The van der Waals surface area contributed by atoms with Crippen LogP contribution in [0.5, 0.6) is 0 Å². The number of hydrogen-bond acceptors (Lipinski definition) is 5. The number of amides is 2. The highest BCUT2D eigenvalue weighted by Crippen LogP contribution is 2.31. The topological polar surface area (TPSA) is 71.1 Å². The predicted octanol–water partition coefficient (Wildman–Crippen LogP) is 3.61. The van der Waals surface area contributed by atoms with Crippen molar-refractivity contribution in [3.05, 3.63) is 29.8 Å². The van der Waals surface area contributed by atoms with Gasteiger partial charge in [0, 0.05) is 38.5 Å². The normalized spacial score (nSPS) is 21.5. The number of fused-ring (bicyclic) bond motifs is 1. The van der Waals surface area contributed by atoms with Crippen LogP contribution in [0.3, 0.4) is 0 Å². The summed E-state index contributed by atoms with van der Waals surface area (Å²) >= 11 is 0. The number of carbonyl (C=O) groups is 2. The van der Waals surface area contributed by atoms with Crippen LogP contribution in [-0.4, -0.2) is 74.8 Å². The molecule has 2 aliphatic rings. The van der Waals surface area contributed by atoms with Crippen molar-refractivity contribution in [2.75, 3.05) is 52.3 Å². The molecule has 2 atom stereocenters. The Bertz CT molecular complexity index is 692. The Morgan fingerprint density at radius 2 is 1.87 bits per heavy atom. The molecular formula is C23H35N3O4. The Hall–Kier alpha value is -2.12. The molecule has 2 amide bonds. The summed E-state index contributed by atoms with van der Waals surface area (Å²) in [4.78, 5) is 29.3. The molecule has 0 aliphatic carbocycles. The Morgan fingerprint density at radius 3 is 2.60 bits per heavy atom. The minimum Gasteiger partial charge on any atom is -0.465 e. The molecule has 0 saturated carbocycles. The molecule has 2 aliphatic heterocycles. The fourth-order valence-corrected chi connectivity index (χ4v) is 4.76. The monoisotopic (exact) mass is 417 g/mol. The van der Waals surface area contributed by atoms with E-state index in [1.165, 1.54) is 52.3 Å². The first-order valence-corrected chi connectivity index (χ1v) is 11.1. The molecule has 166 valence electrons. The van der Waals surface area contributed by atoms with Gasteiger partial charge in [-0.2, -0.15) is 0 Å². The molecule has 2 saturated heterocycles. The minimum atomic E-state index is -0.386. The summed E-state index contributed by atoms with van der Waals surface area (Å²) in [6, 6.07) is 7.31. The number of ether oxygens (including phenoxy) is 2. The Kier molecular flexibility index (Phi) is 8.51. The van der Waals surface area contributed by atoms with Crippen molar-refractivity contribution in [2.24, 2.45) is 5.92 Å². The summed E-state index contributed by atoms with van der Waals surface area (Å²) in [6.45, 7) is 4.48. The lowest BCUT2D eigenvalue weighted by molar-refractivity contribution is 0.0456. The van der Waals surface area contributed by atoms with Gasteiger partial charge < -0.3 is 24.6 Å². The molecule has 0 unspecified atom stereocenters. The number of carbonyl (C=O) groups excluding carboxylic acids is 2. The SMILES string of the molecule is COCCCN(C[C@@H]1CCCN2CCCC[C@H]12)C(=O)Nc1ccc(C(=O)OC)cc1. The first-order valence-electron chi connectivity index (χ1n) is 11.1. The quantitative estimate of drug-likeness (QED) is 0.517. The van der Waals surface area contributed by atoms with Crippen LogP contribution < -0.4 is 5.32 Å². The third kappa shape index (κ3) is 5.95. The number of benzene rings is 1. The molecule has 3 rings (SSSR count). The zero-order valence-corrected chi connectivity index (χ0v) is 18.3. The van der Waals surface area contributed by atoms with Gasteiger partial charge in [-0.1, -0.05) is 6.42 Å². The van der Waals surface area contributed by atoms with Crippen LogP contribution in [-0.2, 0) is 9.47 Å². The summed E-state index contributed by atoms with van der Waals surface area (Å²) in [6.07, 6.45) is 7.04. The zero-order valence-electron chi connectivity index (χ0n) is 18.3. The highest BCUT2D eigenvalue weighted by Gasteiger charge is 2.34. The van der Waals surface area contributed by atoms with E-state index in [0.29, 0.717) is 36.4 Å². The highest BCUT2D eigenvalue weighted by molar-refractivity contribution is 5.92. The van der Waals surface area contributed by atoms with Crippen molar-refractivity contribution in [1.82, 2.24) is 9.80 Å². The van der Waals surface area contributed by atoms with E-state index in [9.17, 15) is 9.59 Å². The van der Waals surface area contributed by atoms with E-state index in [0.717, 1.165) is 13.0 Å². The average molecular weight is 418 g/mol. The lowest BCUT2D eigenvalue weighted by atomic mass is 9.83. The Balaban J connectivity index is 1.64. The van der Waals surface area contributed by atoms with Gasteiger partial charge in [0.25, 0.3) is 0 Å². The van der Waals surface area contributed by atoms with Gasteiger partial charge in [-0.15, -0.1) is 0 Å². The molecule has 30 heavy (non-hydrogen) atoms. The number of rotatable bonds is 8. The third-order valence-corrected chi connectivity index (χ3v) is 6.30. The van der Waals surface area contributed by atoms with E-state index in [1.54, 1.807) is 31.4 Å². The van der Waals surface area contributed by atoms with Crippen LogP contribution >= 0.6 is 0 Å². The first-order chi connectivity index (χ1) is 14.6. The van der Waals surface area contributed by atoms with E-state index in [2.05, 4.69) is 10.2 Å². The number of nitrogens with one attached hydrogen (secondary N) is 1. The van der Waals surface area contributed by atoms with Crippen molar-refractivity contribution in [3.63, 3.8) is 0 Å². The van der Waals surface area contributed by atoms with Crippen LogP contribution in [0, 0.1) is 5.92 Å². The second-order valence-electron chi connectivity index (χ2n) is 8.29. The maximum atomic E-state index is 13.1. The van der Waals surface area contributed by atoms with E-state index in [1.807, 2.05) is 4.90 Å². The maximum Gasteiger partial charge on any atom is 0.337 e. The van der Waals surface area contributed by atoms with E-state index >= 15 is 0 Å². The summed E-state index contributed by atoms with van der Waals surface area (Å²) in [5, 5.41) is 3.00. The fourth-order valence-electron chi connectivity index (χ4n) is 4.76. The third-order valence-electron chi connectivity index (χ3n) is 6.30. The van der Waals surface area contributed by atoms with Crippen molar-refractivity contribution in [1.29, 1.82) is 0 Å². The number of nitrogens with zero attached hydrogens (tertiary/aromatic N) is 2. The van der Waals surface area contributed by atoms with Crippen molar-refractivity contribution < 1.29 is 19.1 Å². The molecule has 2 heterocycles. The van der Waals surface area contributed by atoms with Gasteiger partial charge in [0.1, 0.15) is 0 Å². The molecule has 0 spiro atoms. The molecule has 0 bridgehead atoms. The smallest absolute Gasteiger partial charge is 0.337 e. The van der Waals surface area contributed by atoms with Crippen LogP contribution in [0.1, 0.15) is 48.9 Å². The fraction of sp³-hybridized carbons (Fsp3) is 0.652. The molecule has 7 nitrogen and oxygen atoms in total. The van der Waals surface area contributed by atoms with Gasteiger partial charge in [-0.05, 0) is 75.4 Å². The zero-order chi connectivity index (χ0) is 21.3. The Labute approximate surface area is 179 Å². The summed E-state index contributed by atoms with van der Waals surface area (Å²) < 4.78 is 9.93. The van der Waals surface area contributed by atoms with E-state index in [4.69, 9.17) is 9.47 Å². The first kappa shape index (κ1) is 22.6. The summed E-state index contributed by atoms with van der Waals surface area (Å²) in [5.74, 6) is 0.137. The lowest BCUT2D eigenvalue weighted by Crippen LogP contribution is -2.52. The van der Waals surface area contributed by atoms with Gasteiger partial charge >= 0.3 is 12.0 Å². The van der Waals surface area contributed by atoms with Crippen LogP contribution in [0.25, 0.3) is 0 Å². The molecule has 0 aromatic heterocycles. The highest BCUT2D eigenvalue weighted by atomic mass is 16.5. The van der Waals surface area contributed by atoms with Crippen LogP contribution in [0.15, 0.2) is 24.3 Å². The molecule has 7 heteroatoms. The number of piperidine rings is 2. The van der Waals surface area contributed by atoms with Gasteiger partial charge in [0.2, 0.25) is 0 Å².